The number of nitrogens with zero attached hydrogens (tertiary/aromatic N) is 3. The van der Waals surface area contributed by atoms with Gasteiger partial charge in [-0.3, -0.25) is 0 Å². The summed E-state index contributed by atoms with van der Waals surface area (Å²) in [5.41, 5.74) is 24.5. The highest BCUT2D eigenvalue weighted by Gasteiger charge is 2.45. The van der Waals surface area contributed by atoms with Gasteiger partial charge in [0.2, 0.25) is 0 Å². The van der Waals surface area contributed by atoms with E-state index in [1.807, 2.05) is 12.1 Å². The number of allylic oxidation sites excluding steroid dienone is 1. The van der Waals surface area contributed by atoms with Crippen LogP contribution in [0.15, 0.2) is 175 Å². The summed E-state index contributed by atoms with van der Waals surface area (Å²) in [5.74, 6) is 0. The van der Waals surface area contributed by atoms with E-state index in [1.165, 1.54) is 78.0 Å². The van der Waals surface area contributed by atoms with E-state index in [0.29, 0.717) is 0 Å². The summed E-state index contributed by atoms with van der Waals surface area (Å²) in [4.78, 5) is 5.17. The van der Waals surface area contributed by atoms with Crippen LogP contribution in [0.1, 0.15) is 82.0 Å². The Labute approximate surface area is 412 Å². The molecule has 0 amide bonds. The number of anilines is 6. The molecule has 12 rings (SSSR count). The highest BCUT2D eigenvalue weighted by molar-refractivity contribution is 7.00. The van der Waals surface area contributed by atoms with Gasteiger partial charge >= 0.3 is 0 Å². The first-order valence-corrected chi connectivity index (χ1v) is 24.8. The third kappa shape index (κ3) is 6.58. The van der Waals surface area contributed by atoms with Gasteiger partial charge in [-0.25, -0.2) is 0 Å². The SMILES string of the molecule is C=Cc1c(/C=C\C)c2cc3c(cc2n1-c1ccccc1)N(c1c(C)cccc1C)c1cc(C(C)(C)C)cc2c1B3c1cc(C(C)(C)C)ccc1N2c1ccc(-c2cccc3c2oc2ccccc23)cc1. The van der Waals surface area contributed by atoms with Crippen LogP contribution >= 0.6 is 0 Å². The Hall–Kier alpha value is -7.76. The fourth-order valence-electron chi connectivity index (χ4n) is 11.6. The van der Waals surface area contributed by atoms with Crippen LogP contribution in [-0.4, -0.2) is 11.3 Å². The minimum atomic E-state index is -0.156. The molecule has 2 aromatic heterocycles. The Morgan fingerprint density at radius 2 is 1.21 bits per heavy atom. The molecule has 2 aliphatic rings. The van der Waals surface area contributed by atoms with Crippen molar-refractivity contribution < 1.29 is 4.42 Å². The molecule has 0 saturated carbocycles. The van der Waals surface area contributed by atoms with E-state index < -0.39 is 0 Å². The molecule has 342 valence electrons. The molecule has 0 atom stereocenters. The minimum Gasteiger partial charge on any atom is -0.455 e. The first-order valence-electron chi connectivity index (χ1n) is 24.8. The Balaban J connectivity index is 1.18. The lowest BCUT2D eigenvalue weighted by Gasteiger charge is -2.46. The second-order valence-electron chi connectivity index (χ2n) is 21.5. The highest BCUT2D eigenvalue weighted by Crippen LogP contribution is 2.49. The molecule has 70 heavy (non-hydrogen) atoms. The zero-order chi connectivity index (χ0) is 48.4. The molecule has 0 unspecified atom stereocenters. The molecule has 2 aliphatic heterocycles. The summed E-state index contributed by atoms with van der Waals surface area (Å²) < 4.78 is 8.96. The summed E-state index contributed by atoms with van der Waals surface area (Å²) in [6.07, 6.45) is 6.45. The molecule has 0 N–H and O–H groups in total. The number of furan rings is 1. The highest BCUT2D eigenvalue weighted by atomic mass is 16.3. The van der Waals surface area contributed by atoms with E-state index in [4.69, 9.17) is 4.42 Å². The summed E-state index contributed by atoms with van der Waals surface area (Å²) in [6, 6.07) is 58.8. The van der Waals surface area contributed by atoms with Gasteiger partial charge < -0.3 is 18.8 Å². The molecule has 0 spiro atoms. The average Bonchev–Trinajstić information content (AvgIpc) is 3.88. The lowest BCUT2D eigenvalue weighted by molar-refractivity contribution is 0.590. The number of aromatic nitrogens is 1. The van der Waals surface area contributed by atoms with E-state index >= 15 is 0 Å². The van der Waals surface area contributed by atoms with Crippen molar-refractivity contribution in [3.8, 4) is 16.8 Å². The lowest BCUT2D eigenvalue weighted by atomic mass is 9.33. The van der Waals surface area contributed by atoms with E-state index in [1.54, 1.807) is 0 Å². The van der Waals surface area contributed by atoms with Gasteiger partial charge in [0, 0.05) is 61.4 Å². The quantitative estimate of drug-likeness (QED) is 0.155. The van der Waals surface area contributed by atoms with Crippen LogP contribution in [0.25, 0.3) is 61.8 Å². The second-order valence-corrected chi connectivity index (χ2v) is 21.5. The molecule has 4 heterocycles. The molecular weight excluding hydrogens is 850 g/mol. The molecule has 10 aromatic rings. The molecule has 0 fully saturated rings. The number of hydrogen-bond donors (Lipinski definition) is 0. The lowest BCUT2D eigenvalue weighted by Crippen LogP contribution is -2.61. The molecule has 8 aromatic carbocycles. The predicted octanol–water partition coefficient (Wildman–Crippen LogP) is 16.2. The van der Waals surface area contributed by atoms with Crippen molar-refractivity contribution in [3.05, 3.63) is 204 Å². The van der Waals surface area contributed by atoms with Crippen molar-refractivity contribution in [1.29, 1.82) is 0 Å². The maximum absolute atomic E-state index is 6.56. The van der Waals surface area contributed by atoms with Gasteiger partial charge in [-0.15, -0.1) is 0 Å². The number of benzene rings is 8. The van der Waals surface area contributed by atoms with Gasteiger partial charge in [0.05, 0.1) is 16.9 Å². The first-order chi connectivity index (χ1) is 33.7. The number of fused-ring (bicyclic) bond motifs is 8. The maximum atomic E-state index is 6.56. The van der Waals surface area contributed by atoms with Crippen LogP contribution in [-0.2, 0) is 10.8 Å². The van der Waals surface area contributed by atoms with Crippen molar-refractivity contribution in [2.45, 2.75) is 73.1 Å². The standard InChI is InChI=1S/C65H58BN3O/c1-11-20-48-51-38-53-57(39-56(51)67(54(48)12-2)45-23-14-13-15-24-45)69(62-40(3)21-18-22-41(62)4)59-37-44(65(8,9)10)36-58-61(59)66(53)52-35-43(64(5,6)7)31-34-55(52)68(58)46-32-29-42(30-33-46)47-26-19-27-50-49-25-16-17-28-60(49)70-63(47)50/h11-39H,2H2,1,3-10H3/b20-11-. The number of hydrogen-bond acceptors (Lipinski definition) is 3. The van der Waals surface area contributed by atoms with Crippen LogP contribution in [0.5, 0.6) is 0 Å². The minimum absolute atomic E-state index is 0.0665. The molecule has 5 heteroatoms. The van der Waals surface area contributed by atoms with Gasteiger partial charge in [0.15, 0.2) is 0 Å². The fourth-order valence-corrected chi connectivity index (χ4v) is 11.6. The largest absolute Gasteiger partial charge is 0.455 e. The molecule has 0 saturated heterocycles. The summed E-state index contributed by atoms with van der Waals surface area (Å²) in [6.45, 7) is 25.0. The van der Waals surface area contributed by atoms with Gasteiger partial charge in [0.1, 0.15) is 11.2 Å². The summed E-state index contributed by atoms with van der Waals surface area (Å²) in [5, 5.41) is 3.48. The van der Waals surface area contributed by atoms with Crippen molar-refractivity contribution >= 4 is 102 Å². The molecule has 0 aliphatic carbocycles. The van der Waals surface area contributed by atoms with Crippen molar-refractivity contribution in [1.82, 2.24) is 4.57 Å². The fraction of sp³-hybridized carbons (Fsp3) is 0.169. The molecule has 4 nitrogen and oxygen atoms in total. The van der Waals surface area contributed by atoms with Crippen LogP contribution in [0.2, 0.25) is 0 Å². The molecule has 0 bridgehead atoms. The zero-order valence-corrected chi connectivity index (χ0v) is 41.8. The van der Waals surface area contributed by atoms with Gasteiger partial charge in [0.25, 0.3) is 6.71 Å². The van der Waals surface area contributed by atoms with Gasteiger partial charge in [-0.2, -0.15) is 0 Å². The van der Waals surface area contributed by atoms with Crippen LogP contribution in [0.4, 0.5) is 34.1 Å². The Kier molecular flexibility index (Phi) is 9.88. The van der Waals surface area contributed by atoms with Gasteiger partial charge in [-0.1, -0.05) is 163 Å². The van der Waals surface area contributed by atoms with Crippen molar-refractivity contribution in [3.63, 3.8) is 0 Å². The molecule has 0 radical (unpaired) electrons. The smallest absolute Gasteiger partial charge is 0.252 e. The Morgan fingerprint density at radius 3 is 1.91 bits per heavy atom. The molecular formula is C65H58BN3O. The van der Waals surface area contributed by atoms with E-state index in [-0.39, 0.29) is 17.5 Å². The van der Waals surface area contributed by atoms with Crippen LogP contribution < -0.4 is 26.2 Å². The summed E-state index contributed by atoms with van der Waals surface area (Å²) in [7, 11) is 0. The Morgan fingerprint density at radius 1 is 0.557 bits per heavy atom. The van der Waals surface area contributed by atoms with Crippen molar-refractivity contribution in [2.75, 3.05) is 9.80 Å². The number of para-hydroxylation sites is 4. The maximum Gasteiger partial charge on any atom is 0.252 e. The topological polar surface area (TPSA) is 24.6 Å². The summed E-state index contributed by atoms with van der Waals surface area (Å²) >= 11 is 0. The third-order valence-electron chi connectivity index (χ3n) is 15.0. The van der Waals surface area contributed by atoms with E-state index in [2.05, 4.69) is 247 Å². The second kappa shape index (κ2) is 15.9. The Bertz CT molecular complexity index is 3780. The predicted molar refractivity (Wildman–Crippen MR) is 302 cm³/mol. The van der Waals surface area contributed by atoms with E-state index in [0.717, 1.165) is 55.7 Å². The van der Waals surface area contributed by atoms with Crippen LogP contribution in [0, 0.1) is 13.8 Å². The number of aryl methyl sites for hydroxylation is 2. The van der Waals surface area contributed by atoms with E-state index in [9.17, 15) is 0 Å². The van der Waals surface area contributed by atoms with Crippen molar-refractivity contribution in [2.24, 2.45) is 0 Å². The normalized spacial score (nSPS) is 13.4. The number of rotatable bonds is 6. The first kappa shape index (κ1) is 43.5. The van der Waals surface area contributed by atoms with Crippen LogP contribution in [0.3, 0.4) is 0 Å². The monoisotopic (exact) mass is 907 g/mol. The third-order valence-corrected chi connectivity index (χ3v) is 15.0. The zero-order valence-electron chi connectivity index (χ0n) is 41.8. The van der Waals surface area contributed by atoms with Gasteiger partial charge in [-0.05, 0) is 136 Å². The average molecular weight is 908 g/mol.